The van der Waals surface area contributed by atoms with Crippen molar-refractivity contribution in [3.8, 4) is 0 Å². The molecule has 0 saturated carbocycles. The molecule has 0 saturated heterocycles. The van der Waals surface area contributed by atoms with Crippen LogP contribution >= 0.6 is 11.8 Å². The number of methoxy groups -OCH3 is 1. The van der Waals surface area contributed by atoms with Gasteiger partial charge in [0.15, 0.2) is 0 Å². The summed E-state index contributed by atoms with van der Waals surface area (Å²) in [6.45, 7) is 6.40. The number of ether oxygens (including phenoxy) is 3. The maximum absolute atomic E-state index is 10.8. The van der Waals surface area contributed by atoms with E-state index in [1.807, 2.05) is 13.8 Å². The highest BCUT2D eigenvalue weighted by atomic mass is 32.2. The molecule has 0 bridgehead atoms. The first-order valence-corrected chi connectivity index (χ1v) is 7.17. The smallest absolute Gasteiger partial charge is 0.321 e. The van der Waals surface area contributed by atoms with Crippen molar-refractivity contribution < 1.29 is 24.1 Å². The van der Waals surface area contributed by atoms with E-state index in [1.54, 1.807) is 7.11 Å². The van der Waals surface area contributed by atoms with Gasteiger partial charge in [-0.05, 0) is 13.8 Å². The maximum Gasteiger partial charge on any atom is 0.321 e. The highest BCUT2D eigenvalue weighted by Crippen LogP contribution is 2.27. The van der Waals surface area contributed by atoms with Gasteiger partial charge in [-0.15, -0.1) is 0 Å². The second kappa shape index (κ2) is 10.4. The van der Waals surface area contributed by atoms with Gasteiger partial charge in [0.2, 0.25) is 0 Å². The van der Waals surface area contributed by atoms with Crippen molar-refractivity contribution in [3.05, 3.63) is 0 Å². The lowest BCUT2D eigenvalue weighted by Gasteiger charge is -2.27. The summed E-state index contributed by atoms with van der Waals surface area (Å²) in [6, 6.07) is -0.880. The van der Waals surface area contributed by atoms with Gasteiger partial charge in [0.1, 0.15) is 6.04 Å². The van der Waals surface area contributed by atoms with Crippen LogP contribution in [0.3, 0.4) is 0 Å². The zero-order valence-electron chi connectivity index (χ0n) is 11.9. The van der Waals surface area contributed by atoms with Crippen LogP contribution in [0.2, 0.25) is 0 Å². The van der Waals surface area contributed by atoms with Gasteiger partial charge in [0.25, 0.3) is 0 Å². The molecule has 3 N–H and O–H groups in total. The fraction of sp³-hybridized carbons (Fsp3) is 0.917. The van der Waals surface area contributed by atoms with Crippen LogP contribution in [0.25, 0.3) is 0 Å². The van der Waals surface area contributed by atoms with Crippen molar-refractivity contribution in [2.45, 2.75) is 24.6 Å². The minimum Gasteiger partial charge on any atom is -0.480 e. The van der Waals surface area contributed by atoms with Gasteiger partial charge in [0.05, 0.1) is 33.0 Å². The Labute approximate surface area is 119 Å². The van der Waals surface area contributed by atoms with Gasteiger partial charge >= 0.3 is 5.97 Å². The van der Waals surface area contributed by atoms with E-state index < -0.39 is 16.8 Å². The van der Waals surface area contributed by atoms with E-state index in [9.17, 15) is 4.79 Å². The summed E-state index contributed by atoms with van der Waals surface area (Å²) < 4.78 is 14.9. The Kier molecular flexibility index (Phi) is 10.3. The zero-order valence-corrected chi connectivity index (χ0v) is 12.7. The molecule has 0 aromatic rings. The van der Waals surface area contributed by atoms with E-state index in [0.717, 1.165) is 0 Å². The molecule has 6 nitrogen and oxygen atoms in total. The van der Waals surface area contributed by atoms with Crippen LogP contribution in [0.5, 0.6) is 0 Å². The summed E-state index contributed by atoms with van der Waals surface area (Å²) in [7, 11) is 1.63. The summed E-state index contributed by atoms with van der Waals surface area (Å²) in [5.41, 5.74) is 5.61. The number of nitrogens with two attached hydrogens (primary N) is 1. The average molecular weight is 295 g/mol. The number of rotatable bonds is 12. The van der Waals surface area contributed by atoms with E-state index in [0.29, 0.717) is 38.8 Å². The van der Waals surface area contributed by atoms with Gasteiger partial charge in [-0.2, -0.15) is 11.8 Å². The monoisotopic (exact) mass is 295 g/mol. The maximum atomic E-state index is 10.8. The normalized spacial score (nSPS) is 13.5. The standard InChI is InChI=1S/C12H25NO5S/c1-12(2,10(13)11(14)15)19-9-8-18-7-6-17-5-4-16-3/h10H,4-9,13H2,1-3H3,(H,14,15)/t10-/m1/s1. The summed E-state index contributed by atoms with van der Waals surface area (Å²) in [6.07, 6.45) is 0. The highest BCUT2D eigenvalue weighted by Gasteiger charge is 2.32. The topological polar surface area (TPSA) is 91.0 Å². The number of carboxylic acid groups (broad SMARTS) is 1. The second-order valence-corrected chi connectivity index (χ2v) is 6.23. The summed E-state index contributed by atoms with van der Waals surface area (Å²) in [4.78, 5) is 10.8. The Morgan fingerprint density at radius 2 is 1.74 bits per heavy atom. The van der Waals surface area contributed by atoms with Gasteiger partial charge in [-0.1, -0.05) is 0 Å². The summed E-state index contributed by atoms with van der Waals surface area (Å²) in [5.74, 6) is -0.281. The molecular formula is C12H25NO5S. The van der Waals surface area contributed by atoms with E-state index in [1.165, 1.54) is 11.8 Å². The van der Waals surface area contributed by atoms with Crippen LogP contribution < -0.4 is 5.73 Å². The molecule has 114 valence electrons. The Bertz CT molecular complexity index is 250. The lowest BCUT2D eigenvalue weighted by Crippen LogP contribution is -2.47. The quantitative estimate of drug-likeness (QED) is 0.509. The molecule has 0 aliphatic carbocycles. The first-order valence-electron chi connectivity index (χ1n) is 6.18. The van der Waals surface area contributed by atoms with Crippen LogP contribution in [-0.2, 0) is 19.0 Å². The van der Waals surface area contributed by atoms with Crippen LogP contribution in [-0.4, -0.2) is 67.8 Å². The first-order chi connectivity index (χ1) is 8.91. The zero-order chi connectivity index (χ0) is 14.7. The minimum atomic E-state index is -0.982. The number of hydrogen-bond donors (Lipinski definition) is 2. The van der Waals surface area contributed by atoms with Crippen molar-refractivity contribution in [3.63, 3.8) is 0 Å². The van der Waals surface area contributed by atoms with Crippen LogP contribution in [0.1, 0.15) is 13.8 Å². The minimum absolute atomic E-state index is 0.510. The average Bonchev–Trinajstić information content (AvgIpc) is 2.35. The summed E-state index contributed by atoms with van der Waals surface area (Å²) in [5, 5.41) is 8.86. The van der Waals surface area contributed by atoms with Crippen LogP contribution in [0.15, 0.2) is 0 Å². The van der Waals surface area contributed by atoms with E-state index >= 15 is 0 Å². The molecule has 0 radical (unpaired) electrons. The van der Waals surface area contributed by atoms with Gasteiger partial charge in [-0.3, -0.25) is 4.79 Å². The molecule has 0 unspecified atom stereocenters. The molecule has 0 aliphatic heterocycles. The molecule has 0 fully saturated rings. The molecule has 0 spiro atoms. The third-order valence-electron chi connectivity index (χ3n) is 2.52. The SMILES string of the molecule is COCCOCCOCCSC(C)(C)[C@H](N)C(=O)O. The van der Waals surface area contributed by atoms with E-state index in [-0.39, 0.29) is 0 Å². The molecule has 7 heteroatoms. The Hall–Kier alpha value is -0.340. The van der Waals surface area contributed by atoms with Crippen molar-refractivity contribution in [2.24, 2.45) is 5.73 Å². The number of thioether (sulfide) groups is 1. The van der Waals surface area contributed by atoms with Crippen LogP contribution in [0, 0.1) is 0 Å². The summed E-state index contributed by atoms with van der Waals surface area (Å²) >= 11 is 1.50. The molecule has 0 amide bonds. The van der Waals surface area contributed by atoms with Gasteiger partial charge in [0, 0.05) is 17.6 Å². The number of hydrogen-bond acceptors (Lipinski definition) is 6. The predicted molar refractivity (Wildman–Crippen MR) is 75.7 cm³/mol. The predicted octanol–water partition coefficient (Wildman–Crippen LogP) is 0.590. The van der Waals surface area contributed by atoms with Crippen molar-refractivity contribution in [1.82, 2.24) is 0 Å². The van der Waals surface area contributed by atoms with Gasteiger partial charge < -0.3 is 25.1 Å². The number of carboxylic acids is 1. The molecule has 0 aromatic carbocycles. The first kappa shape index (κ1) is 18.7. The Morgan fingerprint density at radius 3 is 2.26 bits per heavy atom. The molecular weight excluding hydrogens is 270 g/mol. The Balaban J connectivity index is 3.50. The van der Waals surface area contributed by atoms with Gasteiger partial charge in [-0.25, -0.2) is 0 Å². The lowest BCUT2D eigenvalue weighted by molar-refractivity contribution is -0.139. The van der Waals surface area contributed by atoms with Crippen LogP contribution in [0.4, 0.5) is 0 Å². The third-order valence-corrected chi connectivity index (χ3v) is 3.89. The highest BCUT2D eigenvalue weighted by molar-refractivity contribution is 8.00. The molecule has 1 atom stereocenters. The molecule has 0 rings (SSSR count). The van der Waals surface area contributed by atoms with Crippen molar-refractivity contribution in [2.75, 3.05) is 45.9 Å². The third kappa shape index (κ3) is 9.23. The molecule has 0 aliphatic rings. The fourth-order valence-electron chi connectivity index (χ4n) is 1.22. The largest absolute Gasteiger partial charge is 0.480 e. The molecule has 0 heterocycles. The van der Waals surface area contributed by atoms with E-state index in [4.69, 9.17) is 25.1 Å². The van der Waals surface area contributed by atoms with Crippen molar-refractivity contribution >= 4 is 17.7 Å². The number of carbonyl (C=O) groups is 1. The van der Waals surface area contributed by atoms with E-state index in [2.05, 4.69) is 0 Å². The number of aliphatic carboxylic acids is 1. The molecule has 0 aromatic heterocycles. The van der Waals surface area contributed by atoms with Crippen molar-refractivity contribution in [1.29, 1.82) is 0 Å². The molecule has 19 heavy (non-hydrogen) atoms. The fourth-order valence-corrected chi connectivity index (χ4v) is 2.22. The second-order valence-electron chi connectivity index (χ2n) is 4.49. The lowest BCUT2D eigenvalue weighted by atomic mass is 10.1. The Morgan fingerprint density at radius 1 is 1.21 bits per heavy atom.